The predicted octanol–water partition coefficient (Wildman–Crippen LogP) is 2.12. The third-order valence-corrected chi connectivity index (χ3v) is 2.27. The molecule has 88 valence electrons. The van der Waals surface area contributed by atoms with Gasteiger partial charge in [-0.1, -0.05) is 37.3 Å². The van der Waals surface area contributed by atoms with Gasteiger partial charge in [-0.3, -0.25) is 4.79 Å². The van der Waals surface area contributed by atoms with Gasteiger partial charge in [0.1, 0.15) is 6.61 Å². The number of hydrogen-bond acceptors (Lipinski definition) is 3. The van der Waals surface area contributed by atoms with Crippen molar-refractivity contribution in [2.24, 2.45) is 0 Å². The van der Waals surface area contributed by atoms with E-state index in [1.807, 2.05) is 44.2 Å². The van der Waals surface area contributed by atoms with E-state index in [0.717, 1.165) is 12.1 Å². The highest BCUT2D eigenvalue weighted by Gasteiger charge is 2.08. The van der Waals surface area contributed by atoms with Gasteiger partial charge in [0, 0.05) is 6.04 Å². The fourth-order valence-corrected chi connectivity index (χ4v) is 1.47. The van der Waals surface area contributed by atoms with Crippen LogP contribution in [-0.2, 0) is 16.1 Å². The summed E-state index contributed by atoms with van der Waals surface area (Å²) in [7, 11) is 0. The maximum absolute atomic E-state index is 11.4. The fourth-order valence-electron chi connectivity index (χ4n) is 1.47. The number of benzene rings is 1. The van der Waals surface area contributed by atoms with Crippen LogP contribution >= 0.6 is 0 Å². The van der Waals surface area contributed by atoms with Crippen LogP contribution in [0.2, 0.25) is 0 Å². The lowest BCUT2D eigenvalue weighted by atomic mass is 10.2. The molecule has 1 rings (SSSR count). The van der Waals surface area contributed by atoms with Gasteiger partial charge in [-0.2, -0.15) is 0 Å². The number of ether oxygens (including phenoxy) is 1. The van der Waals surface area contributed by atoms with Crippen LogP contribution in [0.3, 0.4) is 0 Å². The number of esters is 1. The first-order valence-electron chi connectivity index (χ1n) is 5.65. The van der Waals surface area contributed by atoms with Gasteiger partial charge in [0.05, 0.1) is 6.42 Å². The van der Waals surface area contributed by atoms with Crippen molar-refractivity contribution in [3.05, 3.63) is 35.9 Å². The molecular formula is C13H19NO2. The zero-order valence-electron chi connectivity index (χ0n) is 9.90. The van der Waals surface area contributed by atoms with E-state index < -0.39 is 0 Å². The molecule has 0 aliphatic rings. The van der Waals surface area contributed by atoms with Crippen molar-refractivity contribution in [2.75, 3.05) is 6.54 Å². The van der Waals surface area contributed by atoms with E-state index >= 15 is 0 Å². The second-order valence-electron chi connectivity index (χ2n) is 3.81. The summed E-state index contributed by atoms with van der Waals surface area (Å²) >= 11 is 0. The van der Waals surface area contributed by atoms with Crippen molar-refractivity contribution < 1.29 is 9.53 Å². The molecule has 1 atom stereocenters. The van der Waals surface area contributed by atoms with Crippen molar-refractivity contribution in [1.29, 1.82) is 0 Å². The standard InChI is InChI=1S/C13H19NO2/c1-3-14-11(2)9-13(15)16-10-12-7-5-4-6-8-12/h4-8,11,14H,3,9-10H2,1-2H3/t11-/m1/s1. The molecule has 1 aromatic carbocycles. The molecule has 0 aliphatic carbocycles. The minimum atomic E-state index is -0.155. The summed E-state index contributed by atoms with van der Waals surface area (Å²) in [5.74, 6) is -0.155. The van der Waals surface area contributed by atoms with Crippen LogP contribution in [0, 0.1) is 0 Å². The Kier molecular flexibility index (Phi) is 5.57. The molecule has 0 unspecified atom stereocenters. The Hall–Kier alpha value is -1.35. The molecule has 0 spiro atoms. The highest BCUT2D eigenvalue weighted by Crippen LogP contribution is 2.02. The maximum atomic E-state index is 11.4. The van der Waals surface area contributed by atoms with Gasteiger partial charge in [0.25, 0.3) is 0 Å². The van der Waals surface area contributed by atoms with Crippen LogP contribution in [0.4, 0.5) is 0 Å². The molecule has 3 heteroatoms. The molecule has 0 bridgehead atoms. The molecule has 1 aromatic rings. The van der Waals surface area contributed by atoms with E-state index in [0.29, 0.717) is 13.0 Å². The quantitative estimate of drug-likeness (QED) is 0.748. The highest BCUT2D eigenvalue weighted by molar-refractivity contribution is 5.70. The van der Waals surface area contributed by atoms with E-state index in [1.165, 1.54) is 0 Å². The minimum Gasteiger partial charge on any atom is -0.461 e. The van der Waals surface area contributed by atoms with Gasteiger partial charge in [-0.05, 0) is 19.0 Å². The van der Waals surface area contributed by atoms with Gasteiger partial charge in [-0.25, -0.2) is 0 Å². The third-order valence-electron chi connectivity index (χ3n) is 2.27. The first-order chi connectivity index (χ1) is 7.72. The van der Waals surface area contributed by atoms with Crippen LogP contribution in [0.15, 0.2) is 30.3 Å². The van der Waals surface area contributed by atoms with Crippen molar-refractivity contribution in [3.63, 3.8) is 0 Å². The van der Waals surface area contributed by atoms with Crippen molar-refractivity contribution in [2.45, 2.75) is 32.9 Å². The maximum Gasteiger partial charge on any atom is 0.307 e. The average Bonchev–Trinajstić information content (AvgIpc) is 2.28. The Labute approximate surface area is 96.8 Å². The summed E-state index contributed by atoms with van der Waals surface area (Å²) in [5, 5.41) is 3.17. The Morgan fingerprint density at radius 1 is 1.38 bits per heavy atom. The van der Waals surface area contributed by atoms with Gasteiger partial charge >= 0.3 is 5.97 Å². The molecule has 0 radical (unpaired) electrons. The largest absolute Gasteiger partial charge is 0.461 e. The number of carbonyl (C=O) groups excluding carboxylic acids is 1. The summed E-state index contributed by atoms with van der Waals surface area (Å²) in [4.78, 5) is 11.4. The molecule has 0 amide bonds. The smallest absolute Gasteiger partial charge is 0.307 e. The number of carbonyl (C=O) groups is 1. The summed E-state index contributed by atoms with van der Waals surface area (Å²) in [5.41, 5.74) is 1.02. The molecule has 0 aromatic heterocycles. The van der Waals surface area contributed by atoms with E-state index in [1.54, 1.807) is 0 Å². The lowest BCUT2D eigenvalue weighted by Crippen LogP contribution is -2.28. The van der Waals surface area contributed by atoms with Crippen LogP contribution in [0.25, 0.3) is 0 Å². The normalized spacial score (nSPS) is 12.1. The lowest BCUT2D eigenvalue weighted by Gasteiger charge is -2.11. The molecule has 0 fully saturated rings. The summed E-state index contributed by atoms with van der Waals surface area (Å²) < 4.78 is 5.17. The van der Waals surface area contributed by atoms with Crippen LogP contribution in [-0.4, -0.2) is 18.6 Å². The topological polar surface area (TPSA) is 38.3 Å². The molecular weight excluding hydrogens is 202 g/mol. The van der Waals surface area contributed by atoms with E-state index in [4.69, 9.17) is 4.74 Å². The zero-order valence-corrected chi connectivity index (χ0v) is 9.90. The van der Waals surface area contributed by atoms with Crippen molar-refractivity contribution in [3.8, 4) is 0 Å². The van der Waals surface area contributed by atoms with Crippen molar-refractivity contribution in [1.82, 2.24) is 5.32 Å². The molecule has 3 nitrogen and oxygen atoms in total. The summed E-state index contributed by atoms with van der Waals surface area (Å²) in [6, 6.07) is 9.88. The summed E-state index contributed by atoms with van der Waals surface area (Å²) in [6.45, 7) is 5.23. The Morgan fingerprint density at radius 3 is 2.69 bits per heavy atom. The molecule has 0 saturated heterocycles. The molecule has 0 saturated carbocycles. The van der Waals surface area contributed by atoms with Crippen LogP contribution in [0.1, 0.15) is 25.8 Å². The Balaban J connectivity index is 2.25. The van der Waals surface area contributed by atoms with Gasteiger partial charge < -0.3 is 10.1 Å². The highest BCUT2D eigenvalue weighted by atomic mass is 16.5. The molecule has 0 heterocycles. The third kappa shape index (κ3) is 4.94. The Morgan fingerprint density at radius 2 is 2.06 bits per heavy atom. The second kappa shape index (κ2) is 7.01. The predicted molar refractivity (Wildman–Crippen MR) is 64.0 cm³/mol. The van der Waals surface area contributed by atoms with Crippen molar-refractivity contribution >= 4 is 5.97 Å². The van der Waals surface area contributed by atoms with E-state index in [-0.39, 0.29) is 12.0 Å². The number of nitrogens with one attached hydrogen (secondary N) is 1. The monoisotopic (exact) mass is 221 g/mol. The fraction of sp³-hybridized carbons (Fsp3) is 0.462. The zero-order chi connectivity index (χ0) is 11.8. The van der Waals surface area contributed by atoms with Gasteiger partial charge in [-0.15, -0.1) is 0 Å². The number of rotatable bonds is 6. The summed E-state index contributed by atoms with van der Waals surface area (Å²) in [6.07, 6.45) is 0.417. The van der Waals surface area contributed by atoms with E-state index in [2.05, 4.69) is 5.32 Å². The molecule has 1 N–H and O–H groups in total. The van der Waals surface area contributed by atoms with Crippen LogP contribution in [0.5, 0.6) is 0 Å². The SMILES string of the molecule is CCN[C@H](C)CC(=O)OCc1ccccc1. The van der Waals surface area contributed by atoms with Crippen LogP contribution < -0.4 is 5.32 Å². The average molecular weight is 221 g/mol. The minimum absolute atomic E-state index is 0.155. The second-order valence-corrected chi connectivity index (χ2v) is 3.81. The number of hydrogen-bond donors (Lipinski definition) is 1. The molecule has 16 heavy (non-hydrogen) atoms. The lowest BCUT2D eigenvalue weighted by molar-refractivity contribution is -0.145. The first kappa shape index (κ1) is 12.7. The first-order valence-corrected chi connectivity index (χ1v) is 5.65. The molecule has 0 aliphatic heterocycles. The van der Waals surface area contributed by atoms with E-state index in [9.17, 15) is 4.79 Å². The Bertz CT molecular complexity index is 311. The van der Waals surface area contributed by atoms with Gasteiger partial charge in [0.2, 0.25) is 0 Å². The van der Waals surface area contributed by atoms with Gasteiger partial charge in [0.15, 0.2) is 0 Å².